The minimum Gasteiger partial charge on any atom is -0.394 e. The molecule has 5 rings (SSSR count). The molecule has 16 nitrogen and oxygen atoms in total. The maximum atomic E-state index is 12.4. The maximum absolute atomic E-state index is 12.4. The van der Waals surface area contributed by atoms with Crippen molar-refractivity contribution < 1.29 is 29.6 Å². The zero-order chi connectivity index (χ0) is 37.4. The Morgan fingerprint density at radius 2 is 1.71 bits per heavy atom. The summed E-state index contributed by atoms with van der Waals surface area (Å²) in [5.41, 5.74) is 15.9. The highest BCUT2D eigenvalue weighted by Gasteiger charge is 2.49. The predicted molar refractivity (Wildman–Crippen MR) is 203 cm³/mol. The number of nitrogens with two attached hydrogens (primary N) is 2. The number of thiocarbonyl (C=S) groups is 2. The molecule has 0 spiro atoms. The van der Waals surface area contributed by atoms with Gasteiger partial charge in [-0.1, -0.05) is 36.5 Å². The number of aliphatic imine (C=N–C) groups is 1. The van der Waals surface area contributed by atoms with Gasteiger partial charge in [0.15, 0.2) is 17.9 Å². The first-order valence-electron chi connectivity index (χ1n) is 16.7. The van der Waals surface area contributed by atoms with E-state index in [-0.39, 0.29) is 30.2 Å². The lowest BCUT2D eigenvalue weighted by atomic mass is 10.1. The van der Waals surface area contributed by atoms with Gasteiger partial charge in [0.05, 0.1) is 24.1 Å². The molecule has 5 atom stereocenters. The van der Waals surface area contributed by atoms with Crippen LogP contribution in [-0.4, -0.2) is 111 Å². The van der Waals surface area contributed by atoms with Gasteiger partial charge in [-0.15, -0.1) is 0 Å². The number of amides is 2. The number of hydrogen-bond donors (Lipinski definition) is 8. The number of benzene rings is 2. The van der Waals surface area contributed by atoms with Gasteiger partial charge in [0.2, 0.25) is 17.8 Å². The highest BCUT2D eigenvalue weighted by Crippen LogP contribution is 2.43. The van der Waals surface area contributed by atoms with E-state index in [2.05, 4.69) is 48.3 Å². The number of aryl methyl sites for hydroxylation is 1. The molecule has 2 amide bonds. The van der Waals surface area contributed by atoms with Gasteiger partial charge in [0.25, 0.3) is 0 Å². The summed E-state index contributed by atoms with van der Waals surface area (Å²) >= 11 is 10.0. The number of hydrogen-bond acceptors (Lipinski definition) is 15. The van der Waals surface area contributed by atoms with Crippen molar-refractivity contribution in [1.82, 2.24) is 20.6 Å². The van der Waals surface area contributed by atoms with Crippen LogP contribution < -0.4 is 37.2 Å². The fraction of sp³-hybridized carbons (Fsp3) is 0.412. The Kier molecular flexibility index (Phi) is 13.0. The lowest BCUT2D eigenvalue weighted by Crippen LogP contribution is -2.49. The molecule has 0 saturated carbocycles. The summed E-state index contributed by atoms with van der Waals surface area (Å²) in [5.74, 6) is -0.0727. The average Bonchev–Trinajstić information content (AvgIpc) is 3.66. The molecule has 3 unspecified atom stereocenters. The van der Waals surface area contributed by atoms with Crippen molar-refractivity contribution in [3.63, 3.8) is 0 Å². The number of primary amides is 1. The molecule has 276 valence electrons. The van der Waals surface area contributed by atoms with E-state index in [1.54, 1.807) is 28.9 Å². The van der Waals surface area contributed by atoms with E-state index >= 15 is 0 Å². The number of anilines is 4. The molecule has 18 heteroatoms. The molecular weight excluding hydrogens is 709 g/mol. The molecule has 2 aromatic carbocycles. The Morgan fingerprint density at radius 3 is 2.35 bits per heavy atom. The lowest BCUT2D eigenvalue weighted by molar-refractivity contribution is -0.121. The van der Waals surface area contributed by atoms with Crippen molar-refractivity contribution in [3.8, 4) is 0 Å². The van der Waals surface area contributed by atoms with Crippen LogP contribution in [0.5, 0.6) is 0 Å². The zero-order valence-electron chi connectivity index (χ0n) is 28.4. The molecular formula is C34H42N10O6S2. The van der Waals surface area contributed by atoms with Crippen molar-refractivity contribution in [2.45, 2.75) is 56.8 Å². The summed E-state index contributed by atoms with van der Waals surface area (Å²) in [6, 6.07) is 14.5. The van der Waals surface area contributed by atoms with Gasteiger partial charge in [0, 0.05) is 31.6 Å². The monoisotopic (exact) mass is 750 g/mol. The molecule has 3 heterocycles. The third kappa shape index (κ3) is 9.15. The highest BCUT2D eigenvalue weighted by molar-refractivity contribution is 7.80. The molecule has 2 aliphatic rings. The molecule has 2 aliphatic heterocycles. The van der Waals surface area contributed by atoms with E-state index in [4.69, 9.17) is 28.4 Å². The van der Waals surface area contributed by atoms with Crippen LogP contribution >= 0.6 is 24.4 Å². The molecule has 52 heavy (non-hydrogen) atoms. The fourth-order valence-corrected chi connectivity index (χ4v) is 6.23. The number of carbonyl (C=O) groups is 2. The SMILES string of the molecule is CC(C(N)=O)N1CN([C@@H]2O[C@H](CO)C(O)C2O)c2nc(NCCc3ccc(CCC(=O)NCCNC(=S)c4ccc(N=C=S)cc4)cc3)nc(N)c21. The number of isothiocyanates is 1. The number of carbonyl (C=O) groups excluding carboxylic acids is 2. The van der Waals surface area contributed by atoms with Gasteiger partial charge in [0.1, 0.15) is 35.0 Å². The molecule has 1 aromatic heterocycles. The molecule has 1 fully saturated rings. The Labute approximate surface area is 311 Å². The summed E-state index contributed by atoms with van der Waals surface area (Å²) in [7, 11) is 0. The van der Waals surface area contributed by atoms with Crippen molar-refractivity contribution >= 4 is 75.4 Å². The van der Waals surface area contributed by atoms with Gasteiger partial charge in [-0.3, -0.25) is 9.59 Å². The van der Waals surface area contributed by atoms with Crippen LogP contribution in [0.2, 0.25) is 0 Å². The summed E-state index contributed by atoms with van der Waals surface area (Å²) in [5, 5.41) is 42.2. The van der Waals surface area contributed by atoms with Crippen LogP contribution in [0, 0.1) is 0 Å². The third-order valence-corrected chi connectivity index (χ3v) is 9.33. The standard InChI is InChI=1S/C34H42N10O6S2/c1-19(30(36)49)43-18-44(33-28(48)27(47)24(16-45)50-33)31-26(43)29(35)41-34(42-31)39-13-12-21-4-2-20(3-5-21)6-11-25(46)37-14-15-38-32(52)22-7-9-23(10-8-22)40-17-51/h2-5,7-10,19,24,27-28,33,45,47-48H,6,11-16,18H2,1H3,(H2,36,49)(H,37,46)(H,38,52)(H3,35,39,41,42)/t19?,24-,27?,28?,33-/m1/s1. The summed E-state index contributed by atoms with van der Waals surface area (Å²) in [6.45, 7) is 2.53. The largest absolute Gasteiger partial charge is 0.394 e. The number of fused-ring (bicyclic) bond motifs is 1. The number of aliphatic hydroxyl groups is 3. The molecule has 1 saturated heterocycles. The van der Waals surface area contributed by atoms with E-state index < -0.39 is 43.1 Å². The van der Waals surface area contributed by atoms with Gasteiger partial charge in [-0.05, 0) is 67.4 Å². The van der Waals surface area contributed by atoms with Crippen LogP contribution in [0.3, 0.4) is 0 Å². The summed E-state index contributed by atoms with van der Waals surface area (Å²) in [6.07, 6.45) is -3.20. The molecule has 0 aliphatic carbocycles. The third-order valence-electron chi connectivity index (χ3n) is 8.86. The maximum Gasteiger partial charge on any atom is 0.239 e. The Hall–Kier alpha value is -4.81. The number of nitrogens with zero attached hydrogens (tertiary/aromatic N) is 5. The Balaban J connectivity index is 1.09. The normalized spacial score (nSPS) is 19.8. The Bertz CT molecular complexity index is 1790. The van der Waals surface area contributed by atoms with E-state index in [9.17, 15) is 24.9 Å². The first-order valence-corrected chi connectivity index (χ1v) is 17.5. The van der Waals surface area contributed by atoms with Crippen LogP contribution in [-0.2, 0) is 27.2 Å². The second-order valence-electron chi connectivity index (χ2n) is 12.3. The zero-order valence-corrected chi connectivity index (χ0v) is 30.1. The Morgan fingerprint density at radius 1 is 1.04 bits per heavy atom. The second kappa shape index (κ2) is 17.6. The minimum atomic E-state index is -1.36. The van der Waals surface area contributed by atoms with Crippen LogP contribution in [0.15, 0.2) is 53.5 Å². The highest BCUT2D eigenvalue weighted by atomic mass is 32.1. The van der Waals surface area contributed by atoms with Crippen LogP contribution in [0.1, 0.15) is 30.0 Å². The van der Waals surface area contributed by atoms with E-state index in [1.807, 2.05) is 36.4 Å². The smallest absolute Gasteiger partial charge is 0.239 e. The van der Waals surface area contributed by atoms with E-state index in [0.717, 1.165) is 16.7 Å². The summed E-state index contributed by atoms with van der Waals surface area (Å²) < 4.78 is 5.75. The number of nitrogens with one attached hydrogen (secondary N) is 3. The quantitative estimate of drug-likeness (QED) is 0.0561. The molecule has 0 radical (unpaired) electrons. The number of aliphatic hydroxyl groups excluding tert-OH is 3. The molecule has 10 N–H and O–H groups in total. The van der Waals surface area contributed by atoms with Crippen molar-refractivity contribution in [3.05, 3.63) is 65.2 Å². The minimum absolute atomic E-state index is 0.0244. The van der Waals surface area contributed by atoms with Gasteiger partial charge >= 0.3 is 0 Å². The van der Waals surface area contributed by atoms with E-state index in [0.29, 0.717) is 55.3 Å². The first kappa shape index (κ1) is 38.4. The first-order chi connectivity index (χ1) is 25.0. The van der Waals surface area contributed by atoms with Crippen molar-refractivity contribution in [2.75, 3.05) is 53.8 Å². The predicted octanol–water partition coefficient (Wildman–Crippen LogP) is 0.359. The number of ether oxygens (including phenoxy) is 1. The topological polar surface area (TPSA) is 237 Å². The average molecular weight is 751 g/mol. The second-order valence-corrected chi connectivity index (χ2v) is 12.9. The van der Waals surface area contributed by atoms with Gasteiger partial charge in [-0.25, -0.2) is 0 Å². The van der Waals surface area contributed by atoms with Crippen molar-refractivity contribution in [2.24, 2.45) is 10.7 Å². The van der Waals surface area contributed by atoms with Crippen molar-refractivity contribution in [1.29, 1.82) is 0 Å². The van der Waals surface area contributed by atoms with Crippen LogP contribution in [0.4, 0.5) is 29.0 Å². The molecule has 0 bridgehead atoms. The van der Waals surface area contributed by atoms with Gasteiger partial charge in [-0.2, -0.15) is 15.0 Å². The van der Waals surface area contributed by atoms with Crippen LogP contribution in [0.25, 0.3) is 0 Å². The molecule has 3 aromatic rings. The number of nitrogen functional groups attached to an aromatic ring is 1. The summed E-state index contributed by atoms with van der Waals surface area (Å²) in [4.78, 5) is 41.2. The fourth-order valence-electron chi connectivity index (χ4n) is 5.88. The lowest BCUT2D eigenvalue weighted by Gasteiger charge is -2.29. The van der Waals surface area contributed by atoms with E-state index in [1.165, 1.54) is 0 Å². The number of aromatic nitrogens is 2. The van der Waals surface area contributed by atoms with Gasteiger partial charge < -0.3 is 57.3 Å². The number of rotatable bonds is 16.